The summed E-state index contributed by atoms with van der Waals surface area (Å²) in [5, 5.41) is 3.11. The van der Waals surface area contributed by atoms with Crippen LogP contribution >= 0.6 is 0 Å². The van der Waals surface area contributed by atoms with Gasteiger partial charge in [-0.3, -0.25) is 0 Å². The zero-order chi connectivity index (χ0) is 13.7. The molecule has 1 N–H and O–H groups in total. The van der Waals surface area contributed by atoms with Crippen LogP contribution < -0.4 is 10.1 Å². The van der Waals surface area contributed by atoms with E-state index in [4.69, 9.17) is 4.74 Å². The minimum Gasteiger partial charge on any atom is -0.497 e. The molecule has 0 bridgehead atoms. The quantitative estimate of drug-likeness (QED) is 0.890. The molecule has 0 atom stereocenters. The highest BCUT2D eigenvalue weighted by molar-refractivity contribution is 5.65. The number of ether oxygens (including phenoxy) is 1. The Kier molecular flexibility index (Phi) is 4.53. The average molecular weight is 259 g/mol. The van der Waals surface area contributed by atoms with E-state index in [2.05, 4.69) is 11.4 Å². The van der Waals surface area contributed by atoms with Crippen LogP contribution in [0.4, 0.5) is 4.39 Å². The summed E-state index contributed by atoms with van der Waals surface area (Å²) in [6, 6.07) is 12.9. The number of halogens is 1. The molecule has 2 aromatic rings. The standard InChI is InChI=1S/C16H18FNO/c1-18-9-8-12-4-3-5-13(10-12)15-7-6-14(19-2)11-16(15)17/h3-7,10-11,18H,8-9H2,1-2H3. The van der Waals surface area contributed by atoms with Crippen LogP contribution in [0.1, 0.15) is 5.56 Å². The maximum absolute atomic E-state index is 14.0. The highest BCUT2D eigenvalue weighted by Crippen LogP contribution is 2.26. The van der Waals surface area contributed by atoms with E-state index in [9.17, 15) is 4.39 Å². The van der Waals surface area contributed by atoms with Crippen LogP contribution in [0.5, 0.6) is 5.75 Å². The predicted octanol–water partition coefficient (Wildman–Crippen LogP) is 3.26. The number of nitrogens with one attached hydrogen (secondary N) is 1. The maximum Gasteiger partial charge on any atom is 0.134 e. The first kappa shape index (κ1) is 13.6. The fraction of sp³-hybridized carbons (Fsp3) is 0.250. The molecule has 3 heteroatoms. The molecule has 0 aromatic heterocycles. The maximum atomic E-state index is 14.0. The van der Waals surface area contributed by atoms with Gasteiger partial charge in [-0.05, 0) is 43.3 Å². The van der Waals surface area contributed by atoms with Crippen LogP contribution in [-0.4, -0.2) is 20.7 Å². The molecular weight excluding hydrogens is 241 g/mol. The van der Waals surface area contributed by atoms with Crippen LogP contribution in [0, 0.1) is 5.82 Å². The Morgan fingerprint density at radius 2 is 2.00 bits per heavy atom. The lowest BCUT2D eigenvalue weighted by Gasteiger charge is -2.08. The van der Waals surface area contributed by atoms with Crippen molar-refractivity contribution in [3.63, 3.8) is 0 Å². The molecule has 0 heterocycles. The molecule has 0 saturated heterocycles. The van der Waals surface area contributed by atoms with E-state index in [0.717, 1.165) is 18.5 Å². The van der Waals surface area contributed by atoms with Crippen molar-refractivity contribution >= 4 is 0 Å². The second kappa shape index (κ2) is 6.34. The van der Waals surface area contributed by atoms with Crippen LogP contribution in [0.2, 0.25) is 0 Å². The van der Waals surface area contributed by atoms with Crippen molar-refractivity contribution in [2.75, 3.05) is 20.7 Å². The van der Waals surface area contributed by atoms with Gasteiger partial charge in [0, 0.05) is 11.6 Å². The first-order valence-corrected chi connectivity index (χ1v) is 6.32. The fourth-order valence-corrected chi connectivity index (χ4v) is 2.02. The Morgan fingerprint density at radius 1 is 1.16 bits per heavy atom. The third-order valence-corrected chi connectivity index (χ3v) is 3.08. The smallest absolute Gasteiger partial charge is 0.134 e. The van der Waals surface area contributed by atoms with Crippen LogP contribution in [0.15, 0.2) is 42.5 Å². The first-order valence-electron chi connectivity index (χ1n) is 6.32. The topological polar surface area (TPSA) is 21.3 Å². The van der Waals surface area contributed by atoms with Crippen molar-refractivity contribution in [1.82, 2.24) is 5.32 Å². The second-order valence-electron chi connectivity index (χ2n) is 4.40. The molecule has 2 rings (SSSR count). The van der Waals surface area contributed by atoms with E-state index < -0.39 is 0 Å². The van der Waals surface area contributed by atoms with Gasteiger partial charge in [-0.25, -0.2) is 4.39 Å². The van der Waals surface area contributed by atoms with E-state index in [1.165, 1.54) is 18.7 Å². The number of rotatable bonds is 5. The van der Waals surface area contributed by atoms with Crippen molar-refractivity contribution < 1.29 is 9.13 Å². The van der Waals surface area contributed by atoms with Crippen molar-refractivity contribution in [2.45, 2.75) is 6.42 Å². The van der Waals surface area contributed by atoms with Gasteiger partial charge in [-0.15, -0.1) is 0 Å². The highest BCUT2D eigenvalue weighted by Gasteiger charge is 2.07. The summed E-state index contributed by atoms with van der Waals surface area (Å²) in [7, 11) is 3.46. The van der Waals surface area contributed by atoms with Gasteiger partial charge < -0.3 is 10.1 Å². The van der Waals surface area contributed by atoms with Gasteiger partial charge in [-0.2, -0.15) is 0 Å². The molecule has 0 aliphatic carbocycles. The second-order valence-corrected chi connectivity index (χ2v) is 4.40. The number of benzene rings is 2. The lowest BCUT2D eigenvalue weighted by Crippen LogP contribution is -2.10. The Bertz CT molecular complexity index is 554. The molecule has 2 nitrogen and oxygen atoms in total. The van der Waals surface area contributed by atoms with Gasteiger partial charge in [0.1, 0.15) is 11.6 Å². The minimum atomic E-state index is -0.259. The molecule has 0 amide bonds. The zero-order valence-corrected chi connectivity index (χ0v) is 11.2. The fourth-order valence-electron chi connectivity index (χ4n) is 2.02. The Balaban J connectivity index is 2.30. The number of hydrogen-bond acceptors (Lipinski definition) is 2. The summed E-state index contributed by atoms with van der Waals surface area (Å²) in [5.74, 6) is 0.276. The first-order chi connectivity index (χ1) is 9.24. The van der Waals surface area contributed by atoms with Crippen molar-refractivity contribution in [3.8, 4) is 16.9 Å². The third-order valence-electron chi connectivity index (χ3n) is 3.08. The van der Waals surface area contributed by atoms with Crippen molar-refractivity contribution in [2.24, 2.45) is 0 Å². The van der Waals surface area contributed by atoms with Gasteiger partial charge in [0.15, 0.2) is 0 Å². The van der Waals surface area contributed by atoms with Crippen molar-refractivity contribution in [3.05, 3.63) is 53.8 Å². The van der Waals surface area contributed by atoms with Crippen LogP contribution in [-0.2, 0) is 6.42 Å². The van der Waals surface area contributed by atoms with Crippen molar-refractivity contribution in [1.29, 1.82) is 0 Å². The summed E-state index contributed by atoms with van der Waals surface area (Å²) < 4.78 is 19.0. The summed E-state index contributed by atoms with van der Waals surface area (Å²) >= 11 is 0. The number of hydrogen-bond donors (Lipinski definition) is 1. The minimum absolute atomic E-state index is 0.259. The molecule has 100 valence electrons. The van der Waals surface area contributed by atoms with E-state index in [0.29, 0.717) is 11.3 Å². The number of likely N-dealkylation sites (N-methyl/N-ethyl adjacent to an activating group) is 1. The largest absolute Gasteiger partial charge is 0.497 e. The highest BCUT2D eigenvalue weighted by atomic mass is 19.1. The molecule has 0 fully saturated rings. The monoisotopic (exact) mass is 259 g/mol. The van der Waals surface area contributed by atoms with E-state index in [1.807, 2.05) is 25.2 Å². The lowest BCUT2D eigenvalue weighted by atomic mass is 10.0. The lowest BCUT2D eigenvalue weighted by molar-refractivity contribution is 0.411. The van der Waals surface area contributed by atoms with Gasteiger partial charge in [-0.1, -0.05) is 24.3 Å². The molecule has 0 saturated carbocycles. The summed E-state index contributed by atoms with van der Waals surface area (Å²) in [6.07, 6.45) is 0.933. The number of methoxy groups -OCH3 is 1. The molecule has 0 spiro atoms. The predicted molar refractivity (Wildman–Crippen MR) is 76.0 cm³/mol. The van der Waals surface area contributed by atoms with Gasteiger partial charge in [0.05, 0.1) is 7.11 Å². The summed E-state index contributed by atoms with van der Waals surface area (Å²) in [5.41, 5.74) is 2.70. The average Bonchev–Trinajstić information content (AvgIpc) is 2.45. The molecule has 2 aromatic carbocycles. The molecule has 19 heavy (non-hydrogen) atoms. The molecule has 0 aliphatic rings. The molecule has 0 aliphatic heterocycles. The van der Waals surface area contributed by atoms with Gasteiger partial charge >= 0.3 is 0 Å². The normalized spacial score (nSPS) is 10.5. The SMILES string of the molecule is CNCCc1cccc(-c2ccc(OC)cc2F)c1. The third kappa shape index (κ3) is 3.32. The zero-order valence-electron chi connectivity index (χ0n) is 11.2. The Hall–Kier alpha value is -1.87. The van der Waals surface area contributed by atoms with E-state index in [1.54, 1.807) is 12.1 Å². The Morgan fingerprint density at radius 3 is 2.68 bits per heavy atom. The van der Waals surface area contributed by atoms with E-state index >= 15 is 0 Å². The molecular formula is C16H18FNO. The van der Waals surface area contributed by atoms with Gasteiger partial charge in [0.25, 0.3) is 0 Å². The van der Waals surface area contributed by atoms with Crippen LogP contribution in [0.25, 0.3) is 11.1 Å². The van der Waals surface area contributed by atoms with Gasteiger partial charge in [0.2, 0.25) is 0 Å². The van der Waals surface area contributed by atoms with E-state index in [-0.39, 0.29) is 5.82 Å². The summed E-state index contributed by atoms with van der Waals surface area (Å²) in [6.45, 7) is 0.911. The Labute approximate surface area is 113 Å². The molecule has 0 radical (unpaired) electrons. The molecule has 0 unspecified atom stereocenters. The van der Waals surface area contributed by atoms with Crippen LogP contribution in [0.3, 0.4) is 0 Å². The summed E-state index contributed by atoms with van der Waals surface area (Å²) in [4.78, 5) is 0.